The van der Waals surface area contributed by atoms with Crippen molar-refractivity contribution >= 4 is 56.2 Å². The molecule has 3 aromatic rings. The van der Waals surface area contributed by atoms with E-state index in [0.717, 1.165) is 69.7 Å². The Kier molecular flexibility index (Phi) is 43.1. The van der Waals surface area contributed by atoms with Gasteiger partial charge in [-0.15, -0.1) is 0 Å². The van der Waals surface area contributed by atoms with Crippen LogP contribution in [-0.2, 0) is 92.0 Å². The first-order valence-corrected chi connectivity index (χ1v) is 28.3. The lowest BCUT2D eigenvalue weighted by atomic mass is 9.97. The average molecular weight is 1200 g/mol. The van der Waals surface area contributed by atoms with Crippen molar-refractivity contribution in [3.05, 3.63) is 102 Å². The molecule has 0 aliphatic carbocycles. The Morgan fingerprint density at radius 3 is 1.01 bits per heavy atom. The Morgan fingerprint density at radius 1 is 0.316 bits per heavy atom. The Hall–Kier alpha value is -2.54. The van der Waals surface area contributed by atoms with Crippen LogP contribution in [0.4, 0.5) is 0 Å². The summed E-state index contributed by atoms with van der Waals surface area (Å²) in [6.07, 6.45) is 13.7. The summed E-state index contributed by atoms with van der Waals surface area (Å²) in [6, 6.07) is 17.6. The Bertz CT molecular complexity index is 1790. The minimum atomic E-state index is 0.00725. The van der Waals surface area contributed by atoms with E-state index in [0.29, 0.717) is 172 Å². The van der Waals surface area contributed by atoms with Crippen LogP contribution in [0, 0.1) is 0 Å². The first-order valence-electron chi connectivity index (χ1n) is 26.7. The number of aliphatic hydroxyl groups is 2. The quantitative estimate of drug-likeness (QED) is 0.0412. The van der Waals surface area contributed by atoms with Gasteiger partial charge in [-0.25, -0.2) is 0 Å². The molecule has 0 amide bonds. The van der Waals surface area contributed by atoms with E-state index in [2.05, 4.69) is 105 Å². The SMILES string of the molecule is COCCOCCOCCOCCc1ccc(/C=C/c2cc(Br)c(/C=C/c3ccc(CCCOCCOCCOCCO)cc3CCOCCOCCOCCOC)cc2Br)c(CCCOCCOCCOCCO)c1. The minimum absolute atomic E-state index is 0.00725. The molecule has 0 radical (unpaired) electrons. The normalized spacial score (nSPS) is 11.9. The second-order valence-corrected chi connectivity index (χ2v) is 18.8. The van der Waals surface area contributed by atoms with E-state index in [-0.39, 0.29) is 13.2 Å². The zero-order valence-electron chi connectivity index (χ0n) is 45.3. The van der Waals surface area contributed by atoms with Gasteiger partial charge in [0.15, 0.2) is 0 Å². The summed E-state index contributed by atoms with van der Waals surface area (Å²) in [5.41, 5.74) is 9.29. The molecule has 0 saturated carbocycles. The van der Waals surface area contributed by atoms with Crippen molar-refractivity contribution in [1.82, 2.24) is 0 Å². The van der Waals surface area contributed by atoms with Gasteiger partial charge in [-0.1, -0.05) is 92.6 Å². The van der Waals surface area contributed by atoms with Gasteiger partial charge in [-0.3, -0.25) is 0 Å². The lowest BCUT2D eigenvalue weighted by Gasteiger charge is -2.12. The summed E-state index contributed by atoms with van der Waals surface area (Å²) in [5.74, 6) is 0. The number of ether oxygens (including phenoxy) is 14. The van der Waals surface area contributed by atoms with Crippen LogP contribution in [-0.4, -0.2) is 209 Å². The van der Waals surface area contributed by atoms with Gasteiger partial charge >= 0.3 is 0 Å². The summed E-state index contributed by atoms with van der Waals surface area (Å²) >= 11 is 7.76. The monoisotopic (exact) mass is 1200 g/mol. The van der Waals surface area contributed by atoms with Crippen molar-refractivity contribution in [2.45, 2.75) is 38.5 Å². The lowest BCUT2D eigenvalue weighted by Crippen LogP contribution is -2.12. The standard InChI is InChI=1S/C58H88Br2O16/c1-63-25-27-71-41-43-75-37-31-67-21-15-50-8-10-51(53(46-50)6-4-20-66-30-36-74-40-34-70-24-18-62)11-13-55-47-58(60)56(48-57(55)59)14-12-52-9-7-49(5-3-19-65-29-35-73-39-33-69-23-17-61)45-54(52)16-22-68-32-38-76-44-42-72-28-26-64-2/h7-14,45-48,61-62H,3-6,15-44H2,1-2H3/b13-11+,14-12+. The predicted molar refractivity (Wildman–Crippen MR) is 304 cm³/mol. The first kappa shape index (κ1) is 67.7. The fourth-order valence-electron chi connectivity index (χ4n) is 7.28. The van der Waals surface area contributed by atoms with Crippen molar-refractivity contribution in [3.8, 4) is 0 Å². The van der Waals surface area contributed by atoms with Crippen LogP contribution in [0.1, 0.15) is 57.3 Å². The van der Waals surface area contributed by atoms with Gasteiger partial charge in [0.2, 0.25) is 0 Å². The van der Waals surface area contributed by atoms with Gasteiger partial charge in [0, 0.05) is 36.4 Å². The lowest BCUT2D eigenvalue weighted by molar-refractivity contribution is 0.00406. The molecular weight excluding hydrogens is 1110 g/mol. The number of aryl methyl sites for hydroxylation is 2. The topological polar surface area (TPSA) is 170 Å². The van der Waals surface area contributed by atoms with Crippen LogP contribution >= 0.6 is 31.9 Å². The van der Waals surface area contributed by atoms with Crippen molar-refractivity contribution < 1.29 is 76.5 Å². The highest BCUT2D eigenvalue weighted by Crippen LogP contribution is 2.30. The zero-order valence-corrected chi connectivity index (χ0v) is 48.5. The Morgan fingerprint density at radius 2 is 0.618 bits per heavy atom. The predicted octanol–water partition coefficient (Wildman–Crippen LogP) is 7.98. The smallest absolute Gasteiger partial charge is 0.0701 e. The molecule has 0 aliphatic rings. The average Bonchev–Trinajstić information content (AvgIpc) is 3.42. The van der Waals surface area contributed by atoms with E-state index in [4.69, 9.17) is 76.5 Å². The summed E-state index contributed by atoms with van der Waals surface area (Å²) in [4.78, 5) is 0. The van der Waals surface area contributed by atoms with Crippen molar-refractivity contribution in [2.75, 3.05) is 199 Å². The second kappa shape index (κ2) is 48.4. The molecule has 0 heterocycles. The fourth-order valence-corrected chi connectivity index (χ4v) is 8.26. The Balaban J connectivity index is 1.64. The van der Waals surface area contributed by atoms with Crippen LogP contribution in [0.5, 0.6) is 0 Å². The summed E-state index contributed by atoms with van der Waals surface area (Å²) in [6.45, 7) is 13.4. The molecule has 0 fully saturated rings. The van der Waals surface area contributed by atoms with Gasteiger partial charge in [-0.05, 0) is 95.2 Å². The number of rotatable bonds is 52. The van der Waals surface area contributed by atoms with Crippen molar-refractivity contribution in [2.24, 2.45) is 0 Å². The van der Waals surface area contributed by atoms with Gasteiger partial charge in [0.1, 0.15) is 0 Å². The van der Waals surface area contributed by atoms with Gasteiger partial charge in [0.25, 0.3) is 0 Å². The van der Waals surface area contributed by atoms with Gasteiger partial charge in [0.05, 0.1) is 172 Å². The highest BCUT2D eigenvalue weighted by Gasteiger charge is 2.09. The molecule has 0 unspecified atom stereocenters. The van der Waals surface area contributed by atoms with Gasteiger partial charge in [-0.2, -0.15) is 0 Å². The van der Waals surface area contributed by atoms with Crippen LogP contribution in [0.3, 0.4) is 0 Å². The van der Waals surface area contributed by atoms with Crippen LogP contribution in [0.25, 0.3) is 24.3 Å². The van der Waals surface area contributed by atoms with Crippen molar-refractivity contribution in [1.29, 1.82) is 0 Å². The molecule has 0 aliphatic heterocycles. The molecule has 18 heteroatoms. The molecule has 0 bridgehead atoms. The maximum absolute atomic E-state index is 8.86. The molecule has 3 aromatic carbocycles. The largest absolute Gasteiger partial charge is 0.394 e. The van der Waals surface area contributed by atoms with E-state index in [1.807, 2.05) is 0 Å². The number of hydrogen-bond donors (Lipinski definition) is 2. The first-order chi connectivity index (χ1) is 37.5. The molecule has 16 nitrogen and oxygen atoms in total. The third kappa shape index (κ3) is 34.5. The molecule has 3 rings (SSSR count). The minimum Gasteiger partial charge on any atom is -0.394 e. The molecule has 430 valence electrons. The molecule has 0 spiro atoms. The molecule has 0 saturated heterocycles. The Labute approximate surface area is 470 Å². The van der Waals surface area contributed by atoms with Crippen LogP contribution < -0.4 is 0 Å². The highest BCUT2D eigenvalue weighted by molar-refractivity contribution is 9.11. The number of benzene rings is 3. The third-order valence-corrected chi connectivity index (χ3v) is 12.6. The zero-order chi connectivity index (χ0) is 54.2. The van der Waals surface area contributed by atoms with Crippen LogP contribution in [0.2, 0.25) is 0 Å². The van der Waals surface area contributed by atoms with E-state index in [1.54, 1.807) is 14.2 Å². The summed E-state index contributed by atoms with van der Waals surface area (Å²) in [5, 5.41) is 17.7. The van der Waals surface area contributed by atoms with E-state index in [9.17, 15) is 0 Å². The van der Waals surface area contributed by atoms with Gasteiger partial charge < -0.3 is 76.5 Å². The highest BCUT2D eigenvalue weighted by atomic mass is 79.9. The van der Waals surface area contributed by atoms with E-state index in [1.165, 1.54) is 22.3 Å². The maximum Gasteiger partial charge on any atom is 0.0701 e. The number of halogens is 2. The number of aliphatic hydroxyl groups excluding tert-OH is 2. The molecule has 2 N–H and O–H groups in total. The molecule has 0 atom stereocenters. The van der Waals surface area contributed by atoms with Crippen molar-refractivity contribution in [3.63, 3.8) is 0 Å². The summed E-state index contributed by atoms with van der Waals surface area (Å²) in [7, 11) is 3.31. The number of methoxy groups -OCH3 is 2. The van der Waals surface area contributed by atoms with E-state index < -0.39 is 0 Å². The third-order valence-electron chi connectivity index (χ3n) is 11.3. The molecule has 0 aromatic heterocycles. The fraction of sp³-hybridized carbons (Fsp3) is 0.621. The van der Waals surface area contributed by atoms with Crippen LogP contribution in [0.15, 0.2) is 57.5 Å². The van der Waals surface area contributed by atoms with E-state index >= 15 is 0 Å². The number of hydrogen-bond acceptors (Lipinski definition) is 16. The second-order valence-electron chi connectivity index (χ2n) is 17.1. The summed E-state index contributed by atoms with van der Waals surface area (Å²) < 4.78 is 79.4. The maximum atomic E-state index is 8.86. The molecule has 76 heavy (non-hydrogen) atoms. The molecular formula is C58H88Br2O16.